The molecule has 0 spiro atoms. The van der Waals surface area contributed by atoms with Gasteiger partial charge in [0.2, 0.25) is 5.91 Å². The van der Waals surface area contributed by atoms with Gasteiger partial charge in [-0.3, -0.25) is 9.59 Å². The van der Waals surface area contributed by atoms with Gasteiger partial charge < -0.3 is 45.1 Å². The van der Waals surface area contributed by atoms with E-state index in [9.17, 15) is 35.1 Å². The highest BCUT2D eigenvalue weighted by Gasteiger charge is 2.47. The van der Waals surface area contributed by atoms with E-state index in [2.05, 4.69) is 74.7 Å². The van der Waals surface area contributed by atoms with Crippen LogP contribution < -0.4 is 5.32 Å². The van der Waals surface area contributed by atoms with E-state index in [4.69, 9.17) is 14.2 Å². The summed E-state index contributed by atoms with van der Waals surface area (Å²) in [7, 11) is 0. The minimum absolute atomic E-state index is 0.114. The van der Waals surface area contributed by atoms with Crippen LogP contribution in [0, 0.1) is 0 Å². The van der Waals surface area contributed by atoms with Crippen LogP contribution in [0.25, 0.3) is 0 Å². The number of aliphatic hydroxyl groups excluding tert-OH is 5. The maximum Gasteiger partial charge on any atom is 0.306 e. The van der Waals surface area contributed by atoms with Crippen molar-refractivity contribution >= 4 is 11.9 Å². The zero-order valence-electron chi connectivity index (χ0n) is 50.3. The van der Waals surface area contributed by atoms with Crippen LogP contribution in [0.1, 0.15) is 290 Å². The van der Waals surface area contributed by atoms with Crippen molar-refractivity contribution in [3.63, 3.8) is 0 Å². The summed E-state index contributed by atoms with van der Waals surface area (Å²) < 4.78 is 17.6. The summed E-state index contributed by atoms with van der Waals surface area (Å²) in [5, 5.41) is 57.0. The largest absolute Gasteiger partial charge is 0.454 e. The lowest BCUT2D eigenvalue weighted by atomic mass is 9.99. The molecular formula is C67H121NO10. The molecule has 11 heteroatoms. The van der Waals surface area contributed by atoms with Crippen LogP contribution in [0.2, 0.25) is 0 Å². The molecule has 0 aromatic heterocycles. The van der Waals surface area contributed by atoms with Crippen molar-refractivity contribution in [3.05, 3.63) is 60.8 Å². The van der Waals surface area contributed by atoms with Gasteiger partial charge in [-0.25, -0.2) is 0 Å². The highest BCUT2D eigenvalue weighted by molar-refractivity contribution is 5.80. The number of nitrogens with one attached hydrogen (secondary N) is 1. The zero-order chi connectivity index (χ0) is 56.8. The van der Waals surface area contributed by atoms with E-state index in [-0.39, 0.29) is 13.0 Å². The monoisotopic (exact) mass is 1100 g/mol. The Morgan fingerprint density at radius 3 is 1.40 bits per heavy atom. The molecule has 8 unspecified atom stereocenters. The second kappa shape index (κ2) is 54.9. The van der Waals surface area contributed by atoms with Gasteiger partial charge in [-0.1, -0.05) is 261 Å². The summed E-state index contributed by atoms with van der Waals surface area (Å²) in [6.45, 7) is 5.66. The van der Waals surface area contributed by atoms with Crippen molar-refractivity contribution in [3.8, 4) is 0 Å². The van der Waals surface area contributed by atoms with E-state index in [0.717, 1.165) is 89.9 Å². The van der Waals surface area contributed by atoms with Crippen molar-refractivity contribution in [2.24, 2.45) is 0 Å². The molecule has 0 aromatic rings. The summed E-state index contributed by atoms with van der Waals surface area (Å²) in [5.74, 6) is -1.20. The van der Waals surface area contributed by atoms with Crippen LogP contribution in [-0.4, -0.2) is 99.6 Å². The number of hydrogen-bond donors (Lipinski definition) is 6. The molecule has 11 nitrogen and oxygen atoms in total. The first-order valence-electron chi connectivity index (χ1n) is 32.6. The van der Waals surface area contributed by atoms with Crippen molar-refractivity contribution in [2.45, 2.75) is 339 Å². The van der Waals surface area contributed by atoms with E-state index in [0.29, 0.717) is 19.3 Å². The Morgan fingerprint density at radius 1 is 0.513 bits per heavy atom. The maximum absolute atomic E-state index is 13.4. The van der Waals surface area contributed by atoms with Crippen molar-refractivity contribution in [2.75, 3.05) is 13.2 Å². The van der Waals surface area contributed by atoms with E-state index in [1.807, 2.05) is 6.08 Å². The number of amides is 1. The van der Waals surface area contributed by atoms with Gasteiger partial charge in [-0.05, 0) is 83.5 Å². The number of carbonyl (C=O) groups is 2. The molecule has 78 heavy (non-hydrogen) atoms. The molecule has 454 valence electrons. The second-order valence-electron chi connectivity index (χ2n) is 22.5. The third-order valence-corrected chi connectivity index (χ3v) is 15.2. The van der Waals surface area contributed by atoms with Crippen LogP contribution in [0.15, 0.2) is 60.8 Å². The predicted molar refractivity (Wildman–Crippen MR) is 324 cm³/mol. The smallest absolute Gasteiger partial charge is 0.306 e. The van der Waals surface area contributed by atoms with Gasteiger partial charge in [0.1, 0.15) is 24.4 Å². The van der Waals surface area contributed by atoms with Gasteiger partial charge in [0.25, 0.3) is 0 Å². The summed E-state index contributed by atoms with van der Waals surface area (Å²) in [4.78, 5) is 26.5. The molecule has 0 aromatic carbocycles. The predicted octanol–water partition coefficient (Wildman–Crippen LogP) is 15.8. The summed E-state index contributed by atoms with van der Waals surface area (Å²) in [6.07, 6.45) is 58.4. The topological polar surface area (TPSA) is 175 Å². The first-order chi connectivity index (χ1) is 38.2. The number of allylic oxidation sites excluding steroid dienone is 9. The first-order valence-corrected chi connectivity index (χ1v) is 32.6. The molecular weight excluding hydrogens is 979 g/mol. The molecule has 1 fully saturated rings. The standard InChI is InChI=1S/C67H121NO10/c1-4-7-10-13-16-19-22-24-26-27-28-29-30-31-32-33-34-35-36-39-42-45-48-51-54-60(71)66(75)68-58(59(70)53-50-47-44-41-38-21-18-15-12-9-6-3)57-76-67-65(64(74)63(73)61(56-69)77-67)78-62(72)55-52-49-46-43-40-37-25-23-20-17-14-11-8-5-2/h8,11,16-17,19-20,24,26,50,53,58-61,63-65,67,69-71,73-74H,4-7,9-10,12-15,18,21-23,25,27-49,51-52,54-57H2,1-3H3,(H,68,75)/b11-8+,19-16-,20-17+,26-24-,53-50+. The van der Waals surface area contributed by atoms with Crippen LogP contribution >= 0.6 is 0 Å². The highest BCUT2D eigenvalue weighted by atomic mass is 16.7. The van der Waals surface area contributed by atoms with Gasteiger partial charge in [0.05, 0.1) is 25.4 Å². The van der Waals surface area contributed by atoms with Crippen LogP contribution in [0.5, 0.6) is 0 Å². The van der Waals surface area contributed by atoms with Crippen molar-refractivity contribution < 1.29 is 49.3 Å². The number of aliphatic hydroxyl groups is 5. The minimum Gasteiger partial charge on any atom is -0.454 e. The molecule has 0 radical (unpaired) electrons. The van der Waals surface area contributed by atoms with E-state index < -0.39 is 67.4 Å². The normalized spacial score (nSPS) is 19.3. The fourth-order valence-corrected chi connectivity index (χ4v) is 10.0. The Balaban J connectivity index is 2.58. The van der Waals surface area contributed by atoms with Crippen LogP contribution in [0.3, 0.4) is 0 Å². The molecule has 1 amide bonds. The number of rotatable bonds is 55. The average molecular weight is 1100 g/mol. The molecule has 6 N–H and O–H groups in total. The molecule has 0 saturated carbocycles. The van der Waals surface area contributed by atoms with Crippen LogP contribution in [0.4, 0.5) is 0 Å². The maximum atomic E-state index is 13.4. The number of hydrogen-bond acceptors (Lipinski definition) is 10. The molecule has 0 aliphatic carbocycles. The van der Waals surface area contributed by atoms with Gasteiger partial charge >= 0.3 is 5.97 Å². The lowest BCUT2D eigenvalue weighted by molar-refractivity contribution is -0.305. The van der Waals surface area contributed by atoms with Gasteiger partial charge in [0, 0.05) is 6.42 Å². The zero-order valence-corrected chi connectivity index (χ0v) is 50.3. The molecule has 8 atom stereocenters. The molecule has 0 bridgehead atoms. The minimum atomic E-state index is -1.62. The fraction of sp³-hybridized carbons (Fsp3) is 0.821. The van der Waals surface area contributed by atoms with E-state index in [1.165, 1.54) is 154 Å². The number of carbonyl (C=O) groups excluding carboxylic acids is 2. The van der Waals surface area contributed by atoms with Crippen molar-refractivity contribution in [1.82, 2.24) is 5.32 Å². The Labute approximate surface area is 478 Å². The van der Waals surface area contributed by atoms with Crippen molar-refractivity contribution in [1.29, 1.82) is 0 Å². The Morgan fingerprint density at radius 2 is 0.923 bits per heavy atom. The SMILES string of the molecule is CC/C=C/C/C=C/CCCCCCCCCC(=O)OC1C(OCC(NC(=O)C(O)CCCCCCCCCCCCCCCC/C=C\C/C=C\CCCCC)C(O)/C=C/CCCCCCCCCCC)OC(CO)C(O)C1O. The Bertz CT molecular complexity index is 1500. The Hall–Kier alpha value is -2.64. The van der Waals surface area contributed by atoms with Crippen LogP contribution in [-0.2, 0) is 23.8 Å². The van der Waals surface area contributed by atoms with Gasteiger partial charge in [-0.15, -0.1) is 0 Å². The third-order valence-electron chi connectivity index (χ3n) is 15.2. The molecule has 1 aliphatic heterocycles. The summed E-state index contributed by atoms with van der Waals surface area (Å²) >= 11 is 0. The molecule has 1 rings (SSSR count). The fourth-order valence-electron chi connectivity index (χ4n) is 10.0. The Kier molecular flexibility index (Phi) is 51.7. The number of unbranched alkanes of at least 4 members (excludes halogenated alkanes) is 33. The lowest BCUT2D eigenvalue weighted by Gasteiger charge is -2.41. The highest BCUT2D eigenvalue weighted by Crippen LogP contribution is 2.26. The van der Waals surface area contributed by atoms with Gasteiger partial charge in [0.15, 0.2) is 12.4 Å². The van der Waals surface area contributed by atoms with E-state index in [1.54, 1.807) is 6.08 Å². The molecule has 1 aliphatic rings. The quantitative estimate of drug-likeness (QED) is 0.0195. The third kappa shape index (κ3) is 42.2. The number of esters is 1. The van der Waals surface area contributed by atoms with E-state index >= 15 is 0 Å². The summed E-state index contributed by atoms with van der Waals surface area (Å²) in [6, 6.07) is -1.03. The average Bonchev–Trinajstić information content (AvgIpc) is 3.44. The summed E-state index contributed by atoms with van der Waals surface area (Å²) in [5.41, 5.74) is 0. The molecule has 1 saturated heterocycles. The lowest BCUT2D eigenvalue weighted by Crippen LogP contribution is -2.61. The number of ether oxygens (including phenoxy) is 3. The molecule has 1 heterocycles. The van der Waals surface area contributed by atoms with Gasteiger partial charge in [-0.2, -0.15) is 0 Å². The first kappa shape index (κ1) is 73.4. The second-order valence-corrected chi connectivity index (χ2v) is 22.5.